The van der Waals surface area contributed by atoms with Crippen LogP contribution in [0.25, 0.3) is 0 Å². The highest BCUT2D eigenvalue weighted by molar-refractivity contribution is 7.90. The van der Waals surface area contributed by atoms with Crippen LogP contribution in [0.5, 0.6) is 0 Å². The summed E-state index contributed by atoms with van der Waals surface area (Å²) in [6, 6.07) is 3.08. The zero-order chi connectivity index (χ0) is 12.2. The highest BCUT2D eigenvalue weighted by atomic mass is 32.2. The topological polar surface area (TPSA) is 85.3 Å². The Kier molecular flexibility index (Phi) is 4.52. The van der Waals surface area contributed by atoms with Crippen LogP contribution in [0.1, 0.15) is 32.1 Å². The van der Waals surface area contributed by atoms with E-state index in [9.17, 15) is 8.42 Å². The summed E-state index contributed by atoms with van der Waals surface area (Å²) in [4.78, 5) is 0. The first-order valence-electron chi connectivity index (χ1n) is 5.25. The Labute approximate surface area is 96.1 Å². The molecule has 0 aliphatic rings. The standard InChI is InChI=1S/C10H18N2O3S/c1-3-9(7-11)16(13,14)12-8(2)10-5-4-6-15-10/h4-6,8-9,12H,3,7,11H2,1-2H3. The molecule has 0 spiro atoms. The second-order valence-corrected chi connectivity index (χ2v) is 5.66. The number of sulfonamides is 1. The molecule has 0 saturated heterocycles. The van der Waals surface area contributed by atoms with E-state index in [1.54, 1.807) is 26.0 Å². The van der Waals surface area contributed by atoms with Crippen molar-refractivity contribution in [2.75, 3.05) is 6.54 Å². The van der Waals surface area contributed by atoms with Gasteiger partial charge in [0.15, 0.2) is 0 Å². The molecule has 2 atom stereocenters. The molecule has 0 bridgehead atoms. The Bertz CT molecular complexity index is 396. The lowest BCUT2D eigenvalue weighted by Crippen LogP contribution is -2.39. The van der Waals surface area contributed by atoms with E-state index < -0.39 is 15.3 Å². The molecule has 0 radical (unpaired) electrons. The summed E-state index contributed by atoms with van der Waals surface area (Å²) in [5.41, 5.74) is 5.42. The van der Waals surface area contributed by atoms with Gasteiger partial charge in [-0.25, -0.2) is 13.1 Å². The van der Waals surface area contributed by atoms with Gasteiger partial charge in [-0.1, -0.05) is 6.92 Å². The van der Waals surface area contributed by atoms with Crippen LogP contribution >= 0.6 is 0 Å². The van der Waals surface area contributed by atoms with Crippen molar-refractivity contribution in [3.63, 3.8) is 0 Å². The minimum Gasteiger partial charge on any atom is -0.468 e. The first-order valence-corrected chi connectivity index (χ1v) is 6.80. The third-order valence-electron chi connectivity index (χ3n) is 2.47. The van der Waals surface area contributed by atoms with E-state index in [0.29, 0.717) is 12.2 Å². The fourth-order valence-electron chi connectivity index (χ4n) is 1.45. The zero-order valence-electron chi connectivity index (χ0n) is 9.51. The summed E-state index contributed by atoms with van der Waals surface area (Å²) in [5, 5.41) is -0.551. The molecule has 1 aromatic rings. The first kappa shape index (κ1) is 13.2. The van der Waals surface area contributed by atoms with Crippen molar-refractivity contribution < 1.29 is 12.8 Å². The van der Waals surface area contributed by atoms with Crippen molar-refractivity contribution >= 4 is 10.0 Å². The van der Waals surface area contributed by atoms with Gasteiger partial charge in [0.05, 0.1) is 17.6 Å². The molecule has 92 valence electrons. The Morgan fingerprint density at radius 3 is 2.69 bits per heavy atom. The van der Waals surface area contributed by atoms with Crippen LogP contribution in [-0.2, 0) is 10.0 Å². The molecule has 0 aromatic carbocycles. The summed E-state index contributed by atoms with van der Waals surface area (Å²) < 4.78 is 31.4. The lowest BCUT2D eigenvalue weighted by atomic mass is 10.3. The third-order valence-corrected chi connectivity index (χ3v) is 4.55. The number of nitrogens with two attached hydrogens (primary N) is 1. The average molecular weight is 246 g/mol. The van der Waals surface area contributed by atoms with E-state index in [1.807, 2.05) is 0 Å². The van der Waals surface area contributed by atoms with Crippen molar-refractivity contribution in [2.24, 2.45) is 5.73 Å². The molecular weight excluding hydrogens is 228 g/mol. The molecule has 1 rings (SSSR count). The Balaban J connectivity index is 2.73. The molecule has 5 nitrogen and oxygen atoms in total. The molecule has 1 heterocycles. The second kappa shape index (κ2) is 5.47. The summed E-state index contributed by atoms with van der Waals surface area (Å²) in [5.74, 6) is 0.593. The van der Waals surface area contributed by atoms with E-state index in [1.165, 1.54) is 6.26 Å². The van der Waals surface area contributed by atoms with Gasteiger partial charge in [-0.05, 0) is 25.5 Å². The number of furan rings is 1. The van der Waals surface area contributed by atoms with Gasteiger partial charge < -0.3 is 10.2 Å². The average Bonchev–Trinajstić information content (AvgIpc) is 2.70. The van der Waals surface area contributed by atoms with Crippen molar-refractivity contribution in [1.29, 1.82) is 0 Å². The molecule has 16 heavy (non-hydrogen) atoms. The van der Waals surface area contributed by atoms with E-state index in [4.69, 9.17) is 10.2 Å². The van der Waals surface area contributed by atoms with Gasteiger partial charge in [0, 0.05) is 6.54 Å². The molecule has 2 unspecified atom stereocenters. The van der Waals surface area contributed by atoms with Crippen molar-refractivity contribution in [3.05, 3.63) is 24.2 Å². The van der Waals surface area contributed by atoms with E-state index in [0.717, 1.165) is 0 Å². The van der Waals surface area contributed by atoms with Crippen molar-refractivity contribution in [2.45, 2.75) is 31.6 Å². The highest BCUT2D eigenvalue weighted by Gasteiger charge is 2.25. The molecule has 1 aromatic heterocycles. The van der Waals surface area contributed by atoms with Crippen LogP contribution in [0.2, 0.25) is 0 Å². The molecule has 3 N–H and O–H groups in total. The minimum absolute atomic E-state index is 0.122. The number of hydrogen-bond donors (Lipinski definition) is 2. The number of rotatable bonds is 6. The minimum atomic E-state index is -3.38. The zero-order valence-corrected chi connectivity index (χ0v) is 10.3. The summed E-state index contributed by atoms with van der Waals surface area (Å²) in [6.45, 7) is 3.66. The lowest BCUT2D eigenvalue weighted by molar-refractivity contribution is 0.456. The molecule has 0 fully saturated rings. The summed E-state index contributed by atoms with van der Waals surface area (Å²) in [6.07, 6.45) is 2.01. The van der Waals surface area contributed by atoms with E-state index >= 15 is 0 Å². The smallest absolute Gasteiger partial charge is 0.216 e. The maximum Gasteiger partial charge on any atom is 0.216 e. The van der Waals surface area contributed by atoms with Crippen LogP contribution in [0.4, 0.5) is 0 Å². The molecule has 0 aliphatic carbocycles. The third kappa shape index (κ3) is 3.07. The van der Waals surface area contributed by atoms with Gasteiger partial charge in [0.2, 0.25) is 10.0 Å². The lowest BCUT2D eigenvalue weighted by Gasteiger charge is -2.17. The maximum atomic E-state index is 11.9. The fourth-order valence-corrected chi connectivity index (χ4v) is 2.94. The van der Waals surface area contributed by atoms with Gasteiger partial charge in [-0.15, -0.1) is 0 Å². The van der Waals surface area contributed by atoms with Crippen LogP contribution in [0.15, 0.2) is 22.8 Å². The fraction of sp³-hybridized carbons (Fsp3) is 0.600. The second-order valence-electron chi connectivity index (χ2n) is 3.67. The molecule has 6 heteroatoms. The molecule has 0 amide bonds. The SMILES string of the molecule is CCC(CN)S(=O)(=O)NC(C)c1ccco1. The van der Waals surface area contributed by atoms with Gasteiger partial charge in [0.1, 0.15) is 5.76 Å². The molecule has 0 saturated carbocycles. The molecular formula is C10H18N2O3S. The summed E-state index contributed by atoms with van der Waals surface area (Å²) >= 11 is 0. The normalized spacial score (nSPS) is 15.9. The Morgan fingerprint density at radius 1 is 1.56 bits per heavy atom. The molecule has 0 aliphatic heterocycles. The largest absolute Gasteiger partial charge is 0.468 e. The van der Waals surface area contributed by atoms with Crippen LogP contribution < -0.4 is 10.5 Å². The number of hydrogen-bond acceptors (Lipinski definition) is 4. The highest BCUT2D eigenvalue weighted by Crippen LogP contribution is 2.15. The van der Waals surface area contributed by atoms with Crippen LogP contribution in [-0.4, -0.2) is 20.2 Å². The Hall–Kier alpha value is -0.850. The van der Waals surface area contributed by atoms with E-state index in [-0.39, 0.29) is 12.6 Å². The van der Waals surface area contributed by atoms with E-state index in [2.05, 4.69) is 4.72 Å². The van der Waals surface area contributed by atoms with Gasteiger partial charge in [0.25, 0.3) is 0 Å². The summed E-state index contributed by atoms with van der Waals surface area (Å²) in [7, 11) is -3.38. The van der Waals surface area contributed by atoms with Crippen LogP contribution in [0.3, 0.4) is 0 Å². The predicted octanol–water partition coefficient (Wildman–Crippen LogP) is 0.997. The monoisotopic (exact) mass is 246 g/mol. The van der Waals surface area contributed by atoms with Gasteiger partial charge in [-0.3, -0.25) is 0 Å². The predicted molar refractivity (Wildman–Crippen MR) is 62.3 cm³/mol. The maximum absolute atomic E-state index is 11.9. The van der Waals surface area contributed by atoms with Crippen LogP contribution in [0, 0.1) is 0 Å². The quantitative estimate of drug-likeness (QED) is 0.784. The van der Waals surface area contributed by atoms with Crippen molar-refractivity contribution in [3.8, 4) is 0 Å². The first-order chi connectivity index (χ1) is 7.51. The van der Waals surface area contributed by atoms with Crippen molar-refractivity contribution in [1.82, 2.24) is 4.72 Å². The van der Waals surface area contributed by atoms with Gasteiger partial charge >= 0.3 is 0 Å². The van der Waals surface area contributed by atoms with Gasteiger partial charge in [-0.2, -0.15) is 0 Å². The number of nitrogens with one attached hydrogen (secondary N) is 1. The Morgan fingerprint density at radius 2 is 2.25 bits per heavy atom.